The first-order chi connectivity index (χ1) is 14.9. The van der Waals surface area contributed by atoms with Crippen molar-refractivity contribution in [3.8, 4) is 0 Å². The highest BCUT2D eigenvalue weighted by molar-refractivity contribution is 6.30. The van der Waals surface area contributed by atoms with Gasteiger partial charge in [-0.05, 0) is 50.1 Å². The predicted octanol–water partition coefficient (Wildman–Crippen LogP) is 3.88. The Morgan fingerprint density at radius 1 is 1.03 bits per heavy atom. The van der Waals surface area contributed by atoms with Gasteiger partial charge in [-0.25, -0.2) is 0 Å². The molecule has 2 heterocycles. The van der Waals surface area contributed by atoms with Gasteiger partial charge in [-0.3, -0.25) is 14.4 Å². The number of likely N-dealkylation sites (tertiary alicyclic amines) is 1. The molecule has 1 unspecified atom stereocenters. The molecular weight excluding hydrogens is 414 g/mol. The first-order valence-corrected chi connectivity index (χ1v) is 11.0. The molecule has 0 radical (unpaired) electrons. The van der Waals surface area contributed by atoms with Crippen molar-refractivity contribution in [2.24, 2.45) is 11.8 Å². The molecule has 0 aromatic heterocycles. The fourth-order valence-electron chi connectivity index (χ4n) is 4.28. The van der Waals surface area contributed by atoms with Crippen LogP contribution in [0.2, 0.25) is 5.02 Å². The highest BCUT2D eigenvalue weighted by Gasteiger charge is 2.38. The number of nitrogens with zero attached hydrogens (tertiary/aromatic N) is 2. The Hall–Kier alpha value is -2.86. The molecule has 0 spiro atoms. The first-order valence-electron chi connectivity index (χ1n) is 10.6. The van der Waals surface area contributed by atoms with Gasteiger partial charge in [0, 0.05) is 48.4 Å². The van der Waals surface area contributed by atoms with E-state index in [0.717, 1.165) is 11.3 Å². The van der Waals surface area contributed by atoms with E-state index in [1.54, 1.807) is 34.1 Å². The standard InChI is InChI=1S/C24H26ClN3O3/c1-16-5-7-21(8-6-16)28-15-18(13-22(28)29)24(31)27-11-9-17(10-12-27)23(30)26-20-4-2-3-19(25)14-20/h2-8,14,17-18H,9-13,15H2,1H3,(H,26,30). The third-order valence-corrected chi connectivity index (χ3v) is 6.32. The molecule has 6 nitrogen and oxygen atoms in total. The van der Waals surface area contributed by atoms with Gasteiger partial charge < -0.3 is 15.1 Å². The van der Waals surface area contributed by atoms with E-state index in [4.69, 9.17) is 11.6 Å². The monoisotopic (exact) mass is 439 g/mol. The molecule has 0 saturated carbocycles. The van der Waals surface area contributed by atoms with Gasteiger partial charge in [0.05, 0.1) is 5.92 Å². The van der Waals surface area contributed by atoms with Gasteiger partial charge in [0.25, 0.3) is 0 Å². The van der Waals surface area contributed by atoms with Crippen molar-refractivity contribution >= 4 is 40.7 Å². The number of aryl methyl sites for hydroxylation is 1. The van der Waals surface area contributed by atoms with E-state index in [1.165, 1.54) is 0 Å². The molecule has 2 aromatic carbocycles. The van der Waals surface area contributed by atoms with Crippen molar-refractivity contribution in [3.63, 3.8) is 0 Å². The number of benzene rings is 2. The van der Waals surface area contributed by atoms with Crippen LogP contribution < -0.4 is 10.2 Å². The predicted molar refractivity (Wildman–Crippen MR) is 121 cm³/mol. The first kappa shape index (κ1) is 21.4. The Balaban J connectivity index is 1.30. The fourth-order valence-corrected chi connectivity index (χ4v) is 4.47. The highest BCUT2D eigenvalue weighted by Crippen LogP contribution is 2.28. The van der Waals surface area contributed by atoms with Crippen LogP contribution in [0.1, 0.15) is 24.8 Å². The number of hydrogen-bond donors (Lipinski definition) is 1. The van der Waals surface area contributed by atoms with Crippen molar-refractivity contribution < 1.29 is 14.4 Å². The van der Waals surface area contributed by atoms with Gasteiger partial charge in [-0.15, -0.1) is 0 Å². The summed E-state index contributed by atoms with van der Waals surface area (Å²) in [5.74, 6) is -0.520. The zero-order chi connectivity index (χ0) is 22.0. The molecule has 2 saturated heterocycles. The van der Waals surface area contributed by atoms with Crippen LogP contribution in [0, 0.1) is 18.8 Å². The van der Waals surface area contributed by atoms with Crippen molar-refractivity contribution in [3.05, 3.63) is 59.1 Å². The molecule has 0 aliphatic carbocycles. The molecule has 0 bridgehead atoms. The van der Waals surface area contributed by atoms with E-state index in [1.807, 2.05) is 31.2 Å². The average molecular weight is 440 g/mol. The maximum Gasteiger partial charge on any atom is 0.228 e. The smallest absolute Gasteiger partial charge is 0.228 e. The molecule has 2 aromatic rings. The normalized spacial score (nSPS) is 19.5. The second-order valence-electron chi connectivity index (χ2n) is 8.34. The Morgan fingerprint density at radius 2 is 1.74 bits per heavy atom. The minimum atomic E-state index is -0.328. The van der Waals surface area contributed by atoms with E-state index < -0.39 is 0 Å². The van der Waals surface area contributed by atoms with Crippen LogP contribution >= 0.6 is 11.6 Å². The van der Waals surface area contributed by atoms with Crippen LogP contribution in [0.3, 0.4) is 0 Å². The molecule has 3 amide bonds. The van der Waals surface area contributed by atoms with Gasteiger partial charge in [0.1, 0.15) is 0 Å². The zero-order valence-corrected chi connectivity index (χ0v) is 18.3. The van der Waals surface area contributed by atoms with Crippen LogP contribution in [0.5, 0.6) is 0 Å². The summed E-state index contributed by atoms with van der Waals surface area (Å²) in [4.78, 5) is 41.6. The average Bonchev–Trinajstić information content (AvgIpc) is 3.15. The Bertz CT molecular complexity index is 984. The van der Waals surface area contributed by atoms with Crippen LogP contribution in [0.15, 0.2) is 48.5 Å². The van der Waals surface area contributed by atoms with E-state index >= 15 is 0 Å². The lowest BCUT2D eigenvalue weighted by atomic mass is 9.94. The van der Waals surface area contributed by atoms with E-state index in [0.29, 0.717) is 43.2 Å². The highest BCUT2D eigenvalue weighted by atomic mass is 35.5. The molecule has 4 rings (SSSR count). The molecule has 1 N–H and O–H groups in total. The van der Waals surface area contributed by atoms with E-state index in [9.17, 15) is 14.4 Å². The minimum absolute atomic E-state index is 0.0108. The molecule has 2 aliphatic rings. The molecule has 31 heavy (non-hydrogen) atoms. The molecule has 162 valence electrons. The van der Waals surface area contributed by atoms with Crippen molar-refractivity contribution in [1.82, 2.24) is 4.90 Å². The number of hydrogen-bond acceptors (Lipinski definition) is 3. The Kier molecular flexibility index (Phi) is 6.28. The largest absolute Gasteiger partial charge is 0.342 e. The summed E-state index contributed by atoms with van der Waals surface area (Å²) in [6.07, 6.45) is 1.46. The van der Waals surface area contributed by atoms with Gasteiger partial charge in [-0.2, -0.15) is 0 Å². The number of carbonyl (C=O) groups excluding carboxylic acids is 3. The van der Waals surface area contributed by atoms with E-state index in [-0.39, 0.29) is 36.0 Å². The second kappa shape index (κ2) is 9.10. The lowest BCUT2D eigenvalue weighted by Crippen LogP contribution is -2.44. The van der Waals surface area contributed by atoms with E-state index in [2.05, 4.69) is 5.32 Å². The van der Waals surface area contributed by atoms with Gasteiger partial charge in [0.15, 0.2) is 0 Å². The lowest BCUT2D eigenvalue weighted by molar-refractivity contribution is -0.138. The topological polar surface area (TPSA) is 69.7 Å². The quantitative estimate of drug-likeness (QED) is 0.785. The van der Waals surface area contributed by atoms with Gasteiger partial charge >= 0.3 is 0 Å². The van der Waals surface area contributed by atoms with Crippen molar-refractivity contribution in [2.45, 2.75) is 26.2 Å². The minimum Gasteiger partial charge on any atom is -0.342 e. The van der Waals surface area contributed by atoms with Crippen LogP contribution in [0.25, 0.3) is 0 Å². The fraction of sp³-hybridized carbons (Fsp3) is 0.375. The summed E-state index contributed by atoms with van der Waals surface area (Å²) in [6, 6.07) is 14.9. The maximum atomic E-state index is 13.0. The maximum absolute atomic E-state index is 13.0. The summed E-state index contributed by atoms with van der Waals surface area (Å²) in [6.45, 7) is 3.47. The van der Waals surface area contributed by atoms with Crippen LogP contribution in [-0.2, 0) is 14.4 Å². The number of carbonyl (C=O) groups is 3. The molecule has 2 fully saturated rings. The number of rotatable bonds is 4. The lowest BCUT2D eigenvalue weighted by Gasteiger charge is -2.33. The van der Waals surface area contributed by atoms with Crippen LogP contribution in [0.4, 0.5) is 11.4 Å². The molecule has 1 atom stereocenters. The summed E-state index contributed by atoms with van der Waals surface area (Å²) < 4.78 is 0. The molecule has 2 aliphatic heterocycles. The zero-order valence-electron chi connectivity index (χ0n) is 17.5. The van der Waals surface area contributed by atoms with Gasteiger partial charge in [0.2, 0.25) is 17.7 Å². The number of amides is 3. The SMILES string of the molecule is Cc1ccc(N2CC(C(=O)N3CCC(C(=O)Nc4cccc(Cl)c4)CC3)CC2=O)cc1. The molecule has 7 heteroatoms. The van der Waals surface area contributed by atoms with Crippen molar-refractivity contribution in [2.75, 3.05) is 29.9 Å². The summed E-state index contributed by atoms with van der Waals surface area (Å²) in [5.41, 5.74) is 2.64. The summed E-state index contributed by atoms with van der Waals surface area (Å²) in [7, 11) is 0. The number of anilines is 2. The summed E-state index contributed by atoms with van der Waals surface area (Å²) >= 11 is 5.97. The third kappa shape index (κ3) is 4.90. The second-order valence-corrected chi connectivity index (χ2v) is 8.78. The third-order valence-electron chi connectivity index (χ3n) is 6.09. The summed E-state index contributed by atoms with van der Waals surface area (Å²) in [5, 5.41) is 3.48. The number of piperidine rings is 1. The number of nitrogens with one attached hydrogen (secondary N) is 1. The van der Waals surface area contributed by atoms with Gasteiger partial charge in [-0.1, -0.05) is 35.4 Å². The van der Waals surface area contributed by atoms with Crippen LogP contribution in [-0.4, -0.2) is 42.3 Å². The Labute approximate surface area is 187 Å². The Morgan fingerprint density at radius 3 is 2.42 bits per heavy atom. The molecular formula is C24H26ClN3O3. The van der Waals surface area contributed by atoms with Crippen molar-refractivity contribution in [1.29, 1.82) is 0 Å². The number of halogens is 1.